The maximum atomic E-state index is 13.3. The molecule has 0 radical (unpaired) electrons. The van der Waals surface area contributed by atoms with Gasteiger partial charge in [-0.3, -0.25) is 4.79 Å². The van der Waals surface area contributed by atoms with Crippen LogP contribution in [-0.4, -0.2) is 30.5 Å². The minimum absolute atomic E-state index is 0. The number of ether oxygens (including phenoxy) is 1. The Morgan fingerprint density at radius 1 is 1.28 bits per heavy atom. The molecule has 2 N–H and O–H groups in total. The van der Waals surface area contributed by atoms with Gasteiger partial charge in [0.05, 0.1) is 24.6 Å². The molecule has 2 aromatic rings. The molecule has 25 heavy (non-hydrogen) atoms. The number of nitrogen functional groups attached to an aromatic ring is 1. The van der Waals surface area contributed by atoms with Crippen molar-refractivity contribution in [3.05, 3.63) is 64.4 Å². The summed E-state index contributed by atoms with van der Waals surface area (Å²) in [5.41, 5.74) is 8.02. The minimum atomic E-state index is -0.465. The molecule has 0 spiro atoms. The molecule has 0 aromatic heterocycles. The fourth-order valence-electron chi connectivity index (χ4n) is 2.71. The summed E-state index contributed by atoms with van der Waals surface area (Å²) in [6, 6.07) is 11.8. The summed E-state index contributed by atoms with van der Waals surface area (Å²) in [5, 5.41) is 0.0569. The second-order valence-corrected chi connectivity index (χ2v) is 6.20. The van der Waals surface area contributed by atoms with Crippen LogP contribution in [0.1, 0.15) is 17.2 Å². The van der Waals surface area contributed by atoms with E-state index in [1.54, 1.807) is 29.2 Å². The maximum absolute atomic E-state index is 13.3. The van der Waals surface area contributed by atoms with E-state index in [0.29, 0.717) is 31.8 Å². The number of carbonyl (C=O) groups is 1. The van der Waals surface area contributed by atoms with E-state index in [9.17, 15) is 9.18 Å². The first-order valence-electron chi connectivity index (χ1n) is 7.71. The third-order valence-electron chi connectivity index (χ3n) is 4.07. The minimum Gasteiger partial charge on any atom is -0.399 e. The fraction of sp³-hybridized carbons (Fsp3) is 0.278. The average Bonchev–Trinajstić information content (AvgIpc) is 2.59. The molecule has 1 amide bonds. The van der Waals surface area contributed by atoms with Crippen LogP contribution < -0.4 is 5.73 Å². The lowest BCUT2D eigenvalue weighted by atomic mass is 10.1. The Hall–Kier alpha value is -1.82. The summed E-state index contributed by atoms with van der Waals surface area (Å²) >= 11 is 5.83. The Kier molecular flexibility index (Phi) is 6.64. The number of rotatable bonds is 3. The van der Waals surface area contributed by atoms with Crippen LogP contribution in [0.25, 0.3) is 0 Å². The van der Waals surface area contributed by atoms with Crippen molar-refractivity contribution in [3.63, 3.8) is 0 Å². The van der Waals surface area contributed by atoms with Crippen LogP contribution in [0.5, 0.6) is 0 Å². The third-order valence-corrected chi connectivity index (χ3v) is 4.36. The van der Waals surface area contributed by atoms with Crippen molar-refractivity contribution in [3.8, 4) is 0 Å². The Labute approximate surface area is 157 Å². The number of hydrogen-bond donors (Lipinski definition) is 1. The molecule has 134 valence electrons. The lowest BCUT2D eigenvalue weighted by Crippen LogP contribution is -2.43. The van der Waals surface area contributed by atoms with Crippen LogP contribution in [0.4, 0.5) is 10.1 Å². The van der Waals surface area contributed by atoms with Crippen LogP contribution in [0.2, 0.25) is 5.02 Å². The van der Waals surface area contributed by atoms with Crippen molar-refractivity contribution in [2.24, 2.45) is 0 Å². The molecule has 4 nitrogen and oxygen atoms in total. The van der Waals surface area contributed by atoms with E-state index in [1.807, 2.05) is 12.1 Å². The van der Waals surface area contributed by atoms with Crippen LogP contribution in [0.15, 0.2) is 42.5 Å². The van der Waals surface area contributed by atoms with Gasteiger partial charge in [0.1, 0.15) is 11.9 Å². The van der Waals surface area contributed by atoms with Gasteiger partial charge < -0.3 is 15.4 Å². The molecule has 0 saturated carbocycles. The number of nitrogens with two attached hydrogens (primary N) is 1. The van der Waals surface area contributed by atoms with Gasteiger partial charge in [-0.2, -0.15) is 0 Å². The summed E-state index contributed by atoms with van der Waals surface area (Å²) < 4.78 is 19.0. The predicted octanol–water partition coefficient (Wildman–Crippen LogP) is 3.63. The quantitative estimate of drug-likeness (QED) is 0.822. The van der Waals surface area contributed by atoms with E-state index >= 15 is 0 Å². The largest absolute Gasteiger partial charge is 0.399 e. The smallest absolute Gasteiger partial charge is 0.227 e. The lowest BCUT2D eigenvalue weighted by Gasteiger charge is -2.33. The first-order chi connectivity index (χ1) is 11.5. The van der Waals surface area contributed by atoms with Gasteiger partial charge in [-0.25, -0.2) is 4.39 Å². The third kappa shape index (κ3) is 4.84. The summed E-state index contributed by atoms with van der Waals surface area (Å²) in [7, 11) is 0. The monoisotopic (exact) mass is 384 g/mol. The zero-order valence-electron chi connectivity index (χ0n) is 13.5. The van der Waals surface area contributed by atoms with Gasteiger partial charge in [0.15, 0.2) is 0 Å². The Bertz CT molecular complexity index is 740. The highest BCUT2D eigenvalue weighted by Gasteiger charge is 2.25. The summed E-state index contributed by atoms with van der Waals surface area (Å²) in [5.74, 6) is -0.436. The van der Waals surface area contributed by atoms with Crippen molar-refractivity contribution in [1.29, 1.82) is 0 Å². The summed E-state index contributed by atoms with van der Waals surface area (Å²) in [6.07, 6.45) is 0.0178. The zero-order valence-corrected chi connectivity index (χ0v) is 15.0. The number of nitrogens with zero attached hydrogens (tertiary/aromatic N) is 1. The number of carbonyl (C=O) groups excluding carboxylic acids is 1. The van der Waals surface area contributed by atoms with Crippen molar-refractivity contribution in [2.45, 2.75) is 12.5 Å². The highest BCUT2D eigenvalue weighted by atomic mass is 35.5. The maximum Gasteiger partial charge on any atom is 0.227 e. The number of hydrogen-bond acceptors (Lipinski definition) is 3. The van der Waals surface area contributed by atoms with E-state index in [1.165, 1.54) is 6.07 Å². The van der Waals surface area contributed by atoms with Crippen LogP contribution in [-0.2, 0) is 16.0 Å². The molecule has 0 bridgehead atoms. The molecular weight excluding hydrogens is 366 g/mol. The summed E-state index contributed by atoms with van der Waals surface area (Å²) in [6.45, 7) is 1.40. The molecule has 0 aliphatic carbocycles. The molecule has 3 rings (SSSR count). The first-order valence-corrected chi connectivity index (χ1v) is 8.09. The standard InChI is InChI=1S/C18H18ClFN2O2.ClH/c19-15-10-13(3-6-16(15)20)17-11-22(7-8-24-17)18(23)9-12-1-4-14(21)5-2-12;/h1-6,10,17H,7-9,11,21H2;1H. The molecule has 1 saturated heterocycles. The number of benzene rings is 2. The van der Waals surface area contributed by atoms with Gasteiger partial charge in [0, 0.05) is 12.2 Å². The van der Waals surface area contributed by atoms with Gasteiger partial charge in [0.25, 0.3) is 0 Å². The number of halogens is 3. The van der Waals surface area contributed by atoms with Gasteiger partial charge in [-0.1, -0.05) is 29.8 Å². The van der Waals surface area contributed by atoms with Crippen LogP contribution in [0, 0.1) is 5.82 Å². The topological polar surface area (TPSA) is 55.6 Å². The van der Waals surface area contributed by atoms with E-state index in [4.69, 9.17) is 22.1 Å². The molecule has 7 heteroatoms. The Morgan fingerprint density at radius 3 is 2.68 bits per heavy atom. The van der Waals surface area contributed by atoms with Gasteiger partial charge >= 0.3 is 0 Å². The molecular formula is C18H19Cl2FN2O2. The SMILES string of the molecule is Cl.Nc1ccc(CC(=O)N2CCOC(c3ccc(F)c(Cl)c3)C2)cc1. The van der Waals surface area contributed by atoms with Crippen molar-refractivity contribution >= 4 is 35.6 Å². The number of amides is 1. The predicted molar refractivity (Wildman–Crippen MR) is 98.5 cm³/mol. The second-order valence-electron chi connectivity index (χ2n) is 5.79. The van der Waals surface area contributed by atoms with Crippen molar-refractivity contribution in [2.75, 3.05) is 25.4 Å². The molecule has 1 atom stereocenters. The molecule has 1 fully saturated rings. The zero-order chi connectivity index (χ0) is 17.1. The lowest BCUT2D eigenvalue weighted by molar-refractivity contribution is -0.138. The van der Waals surface area contributed by atoms with Crippen LogP contribution >= 0.6 is 24.0 Å². The van der Waals surface area contributed by atoms with Gasteiger partial charge in [-0.15, -0.1) is 12.4 Å². The van der Waals surface area contributed by atoms with E-state index in [0.717, 1.165) is 11.1 Å². The summed E-state index contributed by atoms with van der Waals surface area (Å²) in [4.78, 5) is 14.3. The van der Waals surface area contributed by atoms with Crippen LogP contribution in [0.3, 0.4) is 0 Å². The number of morpholine rings is 1. The first kappa shape index (κ1) is 19.5. The van der Waals surface area contributed by atoms with E-state index in [-0.39, 0.29) is 29.4 Å². The number of anilines is 1. The second kappa shape index (κ2) is 8.52. The molecule has 1 unspecified atom stereocenters. The highest BCUT2D eigenvalue weighted by molar-refractivity contribution is 6.30. The molecule has 1 heterocycles. The van der Waals surface area contributed by atoms with Crippen molar-refractivity contribution in [1.82, 2.24) is 4.90 Å². The average molecular weight is 385 g/mol. The van der Waals surface area contributed by atoms with Crippen molar-refractivity contribution < 1.29 is 13.9 Å². The van der Waals surface area contributed by atoms with Gasteiger partial charge in [0.2, 0.25) is 5.91 Å². The van der Waals surface area contributed by atoms with Gasteiger partial charge in [-0.05, 0) is 35.4 Å². The normalized spacial score (nSPS) is 17.0. The fourth-order valence-corrected chi connectivity index (χ4v) is 2.90. The molecule has 1 aliphatic heterocycles. The molecule has 2 aromatic carbocycles. The Morgan fingerprint density at radius 2 is 2.00 bits per heavy atom. The van der Waals surface area contributed by atoms with E-state index in [2.05, 4.69) is 0 Å². The molecule has 1 aliphatic rings. The van der Waals surface area contributed by atoms with E-state index < -0.39 is 5.82 Å². The highest BCUT2D eigenvalue weighted by Crippen LogP contribution is 2.26. The Balaban J connectivity index is 0.00000225.